The van der Waals surface area contributed by atoms with Crippen molar-refractivity contribution in [1.82, 2.24) is 29.7 Å². The number of nitrogens with zero attached hydrogens (tertiary/aromatic N) is 5. The Kier molecular flexibility index (Phi) is 8.06. The van der Waals surface area contributed by atoms with Crippen LogP contribution < -0.4 is 11.1 Å². The number of benzene rings is 2. The molecule has 0 saturated heterocycles. The first-order valence-corrected chi connectivity index (χ1v) is 13.3. The van der Waals surface area contributed by atoms with Gasteiger partial charge in [-0.2, -0.15) is 0 Å². The molecule has 0 unspecified atom stereocenters. The summed E-state index contributed by atoms with van der Waals surface area (Å²) in [6.07, 6.45) is 4.08. The van der Waals surface area contributed by atoms with Crippen molar-refractivity contribution in [1.29, 1.82) is 0 Å². The van der Waals surface area contributed by atoms with Crippen molar-refractivity contribution in [3.8, 4) is 28.3 Å². The van der Waals surface area contributed by atoms with Crippen molar-refractivity contribution in [2.24, 2.45) is 0 Å². The fourth-order valence-corrected chi connectivity index (χ4v) is 4.75. The average molecular weight is 506 g/mol. The molecule has 0 radical (unpaired) electrons. The summed E-state index contributed by atoms with van der Waals surface area (Å²) in [5.41, 5.74) is 12.9. The summed E-state index contributed by atoms with van der Waals surface area (Å²) >= 11 is 0. The highest BCUT2D eigenvalue weighted by Crippen LogP contribution is 2.31. The number of hydrogen-bond donors (Lipinski definition) is 2. The number of fused-ring (bicyclic) bond motifs is 1. The third kappa shape index (κ3) is 5.59. The minimum absolute atomic E-state index is 0.445. The van der Waals surface area contributed by atoms with Gasteiger partial charge in [-0.3, -0.25) is 9.47 Å². The van der Waals surface area contributed by atoms with Crippen LogP contribution in [0, 0.1) is 0 Å². The molecule has 0 bridgehead atoms. The summed E-state index contributed by atoms with van der Waals surface area (Å²) in [5.74, 6) is 1.18. The molecular formula is C31H35N7. The lowest BCUT2D eigenvalue weighted by atomic mass is 10.1. The number of nitrogens with two attached hydrogens (primary N) is 1. The number of nitrogen functional groups attached to an aromatic ring is 1. The second-order valence-corrected chi connectivity index (χ2v) is 9.46. The molecule has 0 spiro atoms. The van der Waals surface area contributed by atoms with Crippen LogP contribution in [0.3, 0.4) is 0 Å². The van der Waals surface area contributed by atoms with Gasteiger partial charge in [-0.1, -0.05) is 49.4 Å². The predicted octanol–water partition coefficient (Wildman–Crippen LogP) is 5.55. The van der Waals surface area contributed by atoms with Gasteiger partial charge in [-0.05, 0) is 81.5 Å². The van der Waals surface area contributed by atoms with Crippen molar-refractivity contribution in [2.75, 3.05) is 32.4 Å². The first kappa shape index (κ1) is 25.6. The Morgan fingerprint density at radius 3 is 2.45 bits per heavy atom. The van der Waals surface area contributed by atoms with Crippen LogP contribution in [0.4, 0.5) is 5.82 Å². The van der Waals surface area contributed by atoms with Gasteiger partial charge in [0.1, 0.15) is 11.3 Å². The van der Waals surface area contributed by atoms with Crippen molar-refractivity contribution in [3.63, 3.8) is 0 Å². The van der Waals surface area contributed by atoms with Gasteiger partial charge in [0.15, 0.2) is 11.5 Å². The van der Waals surface area contributed by atoms with Crippen molar-refractivity contribution in [3.05, 3.63) is 90.6 Å². The Balaban J connectivity index is 1.52. The maximum absolute atomic E-state index is 6.30. The molecule has 0 amide bonds. The zero-order valence-corrected chi connectivity index (χ0v) is 22.1. The second kappa shape index (κ2) is 12.0. The van der Waals surface area contributed by atoms with Crippen molar-refractivity contribution < 1.29 is 0 Å². The van der Waals surface area contributed by atoms with E-state index in [0.717, 1.165) is 65.7 Å². The summed E-state index contributed by atoms with van der Waals surface area (Å²) < 4.78 is 2.09. The summed E-state index contributed by atoms with van der Waals surface area (Å²) in [6.45, 7) is 6.35. The van der Waals surface area contributed by atoms with Gasteiger partial charge in [-0.15, -0.1) is 0 Å². The highest BCUT2D eigenvalue weighted by molar-refractivity contribution is 5.84. The number of aromatic nitrogens is 4. The van der Waals surface area contributed by atoms with Crippen LogP contribution in [0.15, 0.2) is 85.1 Å². The molecule has 7 nitrogen and oxygen atoms in total. The highest BCUT2D eigenvalue weighted by atomic mass is 15.1. The molecule has 0 aliphatic carbocycles. The molecule has 2 aromatic carbocycles. The third-order valence-electron chi connectivity index (χ3n) is 6.85. The monoisotopic (exact) mass is 505 g/mol. The Morgan fingerprint density at radius 2 is 1.71 bits per heavy atom. The number of hydrogen-bond acceptors (Lipinski definition) is 6. The van der Waals surface area contributed by atoms with Gasteiger partial charge in [0.25, 0.3) is 0 Å². The molecule has 5 aromatic rings. The lowest BCUT2D eigenvalue weighted by Crippen LogP contribution is -2.24. The lowest BCUT2D eigenvalue weighted by Gasteiger charge is -2.20. The molecule has 7 heteroatoms. The van der Waals surface area contributed by atoms with Crippen LogP contribution in [-0.4, -0.2) is 51.1 Å². The summed E-state index contributed by atoms with van der Waals surface area (Å²) in [7, 11) is 2.01. The first-order valence-electron chi connectivity index (χ1n) is 13.3. The Morgan fingerprint density at radius 1 is 0.895 bits per heavy atom. The van der Waals surface area contributed by atoms with Gasteiger partial charge >= 0.3 is 0 Å². The minimum Gasteiger partial charge on any atom is -0.383 e. The van der Waals surface area contributed by atoms with E-state index in [4.69, 9.17) is 15.7 Å². The summed E-state index contributed by atoms with van der Waals surface area (Å²) in [6, 6.07) is 26.8. The molecule has 3 heterocycles. The normalized spacial score (nSPS) is 11.4. The lowest BCUT2D eigenvalue weighted by molar-refractivity contribution is 0.273. The number of pyridine rings is 2. The molecule has 38 heavy (non-hydrogen) atoms. The molecule has 5 rings (SSSR count). The van der Waals surface area contributed by atoms with E-state index < -0.39 is 0 Å². The van der Waals surface area contributed by atoms with Gasteiger partial charge in [0, 0.05) is 24.0 Å². The largest absolute Gasteiger partial charge is 0.383 e. The van der Waals surface area contributed by atoms with E-state index in [9.17, 15) is 0 Å². The molecule has 3 aromatic heterocycles. The molecule has 0 saturated carbocycles. The molecule has 0 atom stereocenters. The molecular weight excluding hydrogens is 470 g/mol. The molecule has 0 aliphatic heterocycles. The summed E-state index contributed by atoms with van der Waals surface area (Å²) in [5, 5.41) is 3.23. The van der Waals surface area contributed by atoms with E-state index in [1.54, 1.807) is 6.20 Å². The molecule has 0 aliphatic rings. The summed E-state index contributed by atoms with van der Waals surface area (Å²) in [4.78, 5) is 16.8. The SMILES string of the molecule is CCN(CCCCNC)Cc1ccc(-n2c(-c3cccnc3N)nc3ccc(-c4ccccc4)nc32)cc1. The molecule has 3 N–H and O–H groups in total. The third-order valence-corrected chi connectivity index (χ3v) is 6.85. The van der Waals surface area contributed by atoms with E-state index in [-0.39, 0.29) is 0 Å². The van der Waals surface area contributed by atoms with Crippen LogP contribution in [0.2, 0.25) is 0 Å². The Hall–Kier alpha value is -4.07. The van der Waals surface area contributed by atoms with Gasteiger partial charge in [0.2, 0.25) is 0 Å². The minimum atomic E-state index is 0.445. The van der Waals surface area contributed by atoms with E-state index >= 15 is 0 Å². The number of nitrogens with one attached hydrogen (secondary N) is 1. The number of unbranched alkanes of at least 4 members (excludes halogenated alkanes) is 1. The van der Waals surface area contributed by atoms with Crippen LogP contribution in [0.25, 0.3) is 39.5 Å². The van der Waals surface area contributed by atoms with Gasteiger partial charge < -0.3 is 11.1 Å². The van der Waals surface area contributed by atoms with Gasteiger partial charge in [-0.25, -0.2) is 15.0 Å². The highest BCUT2D eigenvalue weighted by Gasteiger charge is 2.19. The topological polar surface area (TPSA) is 84.9 Å². The Bertz CT molecular complexity index is 1480. The van der Waals surface area contributed by atoms with Crippen LogP contribution >= 0.6 is 0 Å². The van der Waals surface area contributed by atoms with Crippen molar-refractivity contribution >= 4 is 17.0 Å². The van der Waals surface area contributed by atoms with Gasteiger partial charge in [0.05, 0.1) is 11.3 Å². The van der Waals surface area contributed by atoms with E-state index in [1.165, 1.54) is 18.4 Å². The number of rotatable bonds is 11. The fourth-order valence-electron chi connectivity index (χ4n) is 4.75. The predicted molar refractivity (Wildman–Crippen MR) is 156 cm³/mol. The van der Waals surface area contributed by atoms with Crippen LogP contribution in [0.5, 0.6) is 0 Å². The zero-order chi connectivity index (χ0) is 26.3. The second-order valence-electron chi connectivity index (χ2n) is 9.46. The maximum Gasteiger partial charge on any atom is 0.165 e. The van der Waals surface area contributed by atoms with Crippen LogP contribution in [0.1, 0.15) is 25.3 Å². The standard InChI is InChI=1S/C31H35N7/c1-3-37(21-8-7-19-33-2)22-23-13-15-25(16-14-23)38-30(26-12-9-20-34-29(26)32)36-28-18-17-27(35-31(28)38)24-10-5-4-6-11-24/h4-6,9-18,20,33H,3,7-8,19,21-22H2,1-2H3,(H2,32,34). The smallest absolute Gasteiger partial charge is 0.165 e. The van der Waals surface area contributed by atoms with E-state index in [1.807, 2.05) is 49.5 Å². The maximum atomic E-state index is 6.30. The number of imidazole rings is 1. The number of anilines is 1. The Labute approximate surface area is 224 Å². The zero-order valence-electron chi connectivity index (χ0n) is 22.1. The molecule has 0 fully saturated rings. The van der Waals surface area contributed by atoms with E-state index in [2.05, 4.69) is 63.1 Å². The quantitative estimate of drug-likeness (QED) is 0.229. The van der Waals surface area contributed by atoms with Crippen molar-refractivity contribution in [2.45, 2.75) is 26.3 Å². The van der Waals surface area contributed by atoms with Crippen LogP contribution in [-0.2, 0) is 6.54 Å². The molecule has 194 valence electrons. The first-order chi connectivity index (χ1) is 18.7. The fraction of sp³-hybridized carbons (Fsp3) is 0.258. The van der Waals surface area contributed by atoms with E-state index in [0.29, 0.717) is 5.82 Å². The average Bonchev–Trinajstić information content (AvgIpc) is 3.34.